The second-order valence-corrected chi connectivity index (χ2v) is 10.5. The lowest BCUT2D eigenvalue weighted by molar-refractivity contribution is -0.117. The first-order valence-corrected chi connectivity index (χ1v) is 12.7. The van der Waals surface area contributed by atoms with Crippen LogP contribution in [-0.4, -0.2) is 42.0 Å². The highest BCUT2D eigenvalue weighted by Crippen LogP contribution is 2.35. The van der Waals surface area contributed by atoms with E-state index in [1.807, 2.05) is 37.5 Å². The summed E-state index contributed by atoms with van der Waals surface area (Å²) < 4.78 is 29.1. The van der Waals surface area contributed by atoms with E-state index in [2.05, 4.69) is 20.5 Å². The van der Waals surface area contributed by atoms with Crippen molar-refractivity contribution in [1.29, 1.82) is 0 Å². The molecule has 3 aromatic heterocycles. The molecule has 0 fully saturated rings. The standard InChI is InChI=1S/C29H29FN6O4/c1-17(37)15-35-16-20-12-25(36-10-6-9-31-36)22(14-24(20)34-35)18(2)39-26-13-19-11-21(30)7-8-23(19)32-27(26)33-28(38)40-29(3,4)5/h6-14,16,18H,15H2,1-5H3,(H,32,33,38)/t18-/m0/s1. The van der Waals surface area contributed by atoms with Crippen LogP contribution in [0, 0.1) is 5.82 Å². The van der Waals surface area contributed by atoms with Crippen LogP contribution >= 0.6 is 0 Å². The summed E-state index contributed by atoms with van der Waals surface area (Å²) in [5, 5.41) is 12.9. The van der Waals surface area contributed by atoms with Gasteiger partial charge in [0.1, 0.15) is 17.5 Å². The van der Waals surface area contributed by atoms with Crippen molar-refractivity contribution in [3.63, 3.8) is 0 Å². The number of ether oxygens (including phenoxy) is 2. The van der Waals surface area contributed by atoms with Crippen LogP contribution in [0.2, 0.25) is 0 Å². The molecule has 11 heteroatoms. The molecule has 0 saturated carbocycles. The number of amides is 1. The van der Waals surface area contributed by atoms with Crippen molar-refractivity contribution in [1.82, 2.24) is 24.5 Å². The van der Waals surface area contributed by atoms with E-state index >= 15 is 0 Å². The second-order valence-electron chi connectivity index (χ2n) is 10.5. The van der Waals surface area contributed by atoms with Gasteiger partial charge in [-0.3, -0.25) is 14.8 Å². The Hall–Kier alpha value is -4.80. The zero-order chi connectivity index (χ0) is 28.6. The summed E-state index contributed by atoms with van der Waals surface area (Å²) in [4.78, 5) is 28.8. The zero-order valence-corrected chi connectivity index (χ0v) is 22.8. The van der Waals surface area contributed by atoms with E-state index in [9.17, 15) is 14.0 Å². The molecule has 5 rings (SSSR count). The number of carbonyl (C=O) groups excluding carboxylic acids is 2. The number of hydrogen-bond acceptors (Lipinski definition) is 7. The largest absolute Gasteiger partial charge is 0.482 e. The number of nitrogens with zero attached hydrogens (tertiary/aromatic N) is 5. The van der Waals surface area contributed by atoms with E-state index in [-0.39, 0.29) is 23.9 Å². The molecule has 0 saturated heterocycles. The summed E-state index contributed by atoms with van der Waals surface area (Å²) in [5.41, 5.74) is 1.91. The summed E-state index contributed by atoms with van der Waals surface area (Å²) in [5.74, 6) is -0.0752. The molecule has 40 heavy (non-hydrogen) atoms. The average molecular weight is 545 g/mol. The van der Waals surface area contributed by atoms with Gasteiger partial charge in [0.05, 0.1) is 23.3 Å². The van der Waals surface area contributed by atoms with Crippen LogP contribution in [0.25, 0.3) is 27.5 Å². The molecule has 0 radical (unpaired) electrons. The minimum atomic E-state index is -0.724. The monoisotopic (exact) mass is 544 g/mol. The summed E-state index contributed by atoms with van der Waals surface area (Å²) in [7, 11) is 0. The number of rotatable bonds is 7. The molecule has 1 amide bonds. The Morgan fingerprint density at radius 3 is 2.60 bits per heavy atom. The number of aromatic nitrogens is 5. The maximum atomic E-state index is 14.0. The lowest BCUT2D eigenvalue weighted by atomic mass is 10.1. The van der Waals surface area contributed by atoms with Crippen molar-refractivity contribution >= 4 is 39.5 Å². The summed E-state index contributed by atoms with van der Waals surface area (Å²) in [6, 6.07) is 11.4. The number of fused-ring (bicyclic) bond motifs is 2. The number of pyridine rings is 1. The Kier molecular flexibility index (Phi) is 6.97. The van der Waals surface area contributed by atoms with Gasteiger partial charge in [-0.05, 0) is 77.1 Å². The first-order chi connectivity index (χ1) is 18.9. The Balaban J connectivity index is 1.57. The lowest BCUT2D eigenvalue weighted by Gasteiger charge is -2.22. The molecule has 0 aliphatic heterocycles. The zero-order valence-electron chi connectivity index (χ0n) is 22.8. The molecule has 1 atom stereocenters. The number of carbonyl (C=O) groups is 2. The Morgan fingerprint density at radius 1 is 1.10 bits per heavy atom. The van der Waals surface area contributed by atoms with Crippen LogP contribution in [0.5, 0.6) is 5.75 Å². The van der Waals surface area contributed by atoms with Crippen LogP contribution in [0.1, 0.15) is 46.3 Å². The van der Waals surface area contributed by atoms with E-state index in [1.165, 1.54) is 25.1 Å². The number of ketones is 1. The van der Waals surface area contributed by atoms with Crippen molar-refractivity contribution in [3.8, 4) is 11.4 Å². The van der Waals surface area contributed by atoms with Crippen molar-refractivity contribution in [2.75, 3.05) is 5.32 Å². The molecule has 3 heterocycles. The minimum absolute atomic E-state index is 0.0118. The summed E-state index contributed by atoms with van der Waals surface area (Å²) >= 11 is 0. The summed E-state index contributed by atoms with van der Waals surface area (Å²) in [6.45, 7) is 8.78. The van der Waals surface area contributed by atoms with E-state index in [0.29, 0.717) is 16.4 Å². The van der Waals surface area contributed by atoms with Crippen molar-refractivity contribution in [2.24, 2.45) is 0 Å². The van der Waals surface area contributed by atoms with Crippen molar-refractivity contribution in [2.45, 2.75) is 52.9 Å². The van der Waals surface area contributed by atoms with Gasteiger partial charge >= 0.3 is 6.09 Å². The van der Waals surface area contributed by atoms with E-state index in [1.54, 1.807) is 42.4 Å². The van der Waals surface area contributed by atoms with Gasteiger partial charge in [0, 0.05) is 34.9 Å². The second kappa shape index (κ2) is 10.4. The number of halogens is 1. The van der Waals surface area contributed by atoms with Crippen LogP contribution in [0.15, 0.2) is 61.1 Å². The third-order valence-electron chi connectivity index (χ3n) is 5.94. The number of benzene rings is 2. The van der Waals surface area contributed by atoms with Gasteiger partial charge in [0.25, 0.3) is 0 Å². The first kappa shape index (κ1) is 26.8. The van der Waals surface area contributed by atoms with Crippen LogP contribution < -0.4 is 10.1 Å². The predicted molar refractivity (Wildman–Crippen MR) is 148 cm³/mol. The molecule has 1 N–H and O–H groups in total. The normalized spacial score (nSPS) is 12.4. The Morgan fingerprint density at radius 2 is 1.90 bits per heavy atom. The van der Waals surface area contributed by atoms with Gasteiger partial charge in [0.15, 0.2) is 17.4 Å². The van der Waals surface area contributed by atoms with Gasteiger partial charge in [-0.25, -0.2) is 18.9 Å². The third-order valence-corrected chi connectivity index (χ3v) is 5.94. The van der Waals surface area contributed by atoms with Gasteiger partial charge in [-0.15, -0.1) is 0 Å². The highest BCUT2D eigenvalue weighted by atomic mass is 19.1. The molecule has 2 aromatic carbocycles. The van der Waals surface area contributed by atoms with Crippen molar-refractivity contribution < 1.29 is 23.5 Å². The molecule has 0 spiro atoms. The Bertz CT molecular complexity index is 1720. The quantitative estimate of drug-likeness (QED) is 0.268. The average Bonchev–Trinajstić information content (AvgIpc) is 3.51. The van der Waals surface area contributed by atoms with Crippen LogP contribution in [-0.2, 0) is 16.1 Å². The topological polar surface area (TPSA) is 113 Å². The molecular weight excluding hydrogens is 515 g/mol. The van der Waals surface area contributed by atoms with Gasteiger partial charge in [-0.2, -0.15) is 10.2 Å². The van der Waals surface area contributed by atoms with E-state index in [4.69, 9.17) is 9.47 Å². The fourth-order valence-electron chi connectivity index (χ4n) is 4.33. The molecule has 0 aliphatic carbocycles. The molecule has 10 nitrogen and oxygen atoms in total. The molecule has 206 valence electrons. The third kappa shape index (κ3) is 5.93. The van der Waals surface area contributed by atoms with E-state index in [0.717, 1.165) is 16.6 Å². The van der Waals surface area contributed by atoms with Gasteiger partial charge in [-0.1, -0.05) is 0 Å². The molecule has 5 aromatic rings. The maximum Gasteiger partial charge on any atom is 0.413 e. The number of hydrogen-bond donors (Lipinski definition) is 1. The van der Waals surface area contributed by atoms with Gasteiger partial charge < -0.3 is 9.47 Å². The number of nitrogens with one attached hydrogen (secondary N) is 1. The number of anilines is 1. The molecule has 0 unspecified atom stereocenters. The van der Waals surface area contributed by atoms with Crippen LogP contribution in [0.4, 0.5) is 15.0 Å². The smallest absolute Gasteiger partial charge is 0.413 e. The minimum Gasteiger partial charge on any atom is -0.482 e. The predicted octanol–water partition coefficient (Wildman–Crippen LogP) is 5.99. The Labute approximate surface area is 229 Å². The molecule has 0 aliphatic rings. The van der Waals surface area contributed by atoms with E-state index < -0.39 is 23.6 Å². The van der Waals surface area contributed by atoms with Crippen LogP contribution in [0.3, 0.4) is 0 Å². The molecule has 0 bridgehead atoms. The summed E-state index contributed by atoms with van der Waals surface area (Å²) in [6.07, 6.45) is 4.00. The fraction of sp³-hybridized carbons (Fsp3) is 0.276. The lowest BCUT2D eigenvalue weighted by Crippen LogP contribution is -2.27. The maximum absolute atomic E-state index is 14.0. The highest BCUT2D eigenvalue weighted by Gasteiger charge is 2.22. The first-order valence-electron chi connectivity index (χ1n) is 12.7. The van der Waals surface area contributed by atoms with Gasteiger partial charge in [0.2, 0.25) is 0 Å². The SMILES string of the molecule is CC(=O)Cn1cc2cc(-n3cccn3)c([C@H](C)Oc3cc4cc(F)ccc4nc3NC(=O)OC(C)(C)C)cc2n1. The van der Waals surface area contributed by atoms with Crippen molar-refractivity contribution in [3.05, 3.63) is 72.4 Å². The molecular formula is C29H29FN6O4. The highest BCUT2D eigenvalue weighted by molar-refractivity contribution is 5.90. The number of Topliss-reactive ketones (excluding diaryl/α,β-unsaturated/α-hetero) is 1. The fourth-order valence-corrected chi connectivity index (χ4v) is 4.33.